The zero-order chi connectivity index (χ0) is 17.1. The molecular weight excluding hydrogens is 334 g/mol. The van der Waals surface area contributed by atoms with Crippen LogP contribution in [0.3, 0.4) is 0 Å². The second kappa shape index (κ2) is 7.19. The van der Waals surface area contributed by atoms with Crippen LogP contribution in [-0.4, -0.2) is 48.5 Å². The molecule has 2 saturated heterocycles. The van der Waals surface area contributed by atoms with Crippen LogP contribution in [-0.2, 0) is 14.3 Å². The van der Waals surface area contributed by atoms with Crippen molar-refractivity contribution in [3.63, 3.8) is 0 Å². The SMILES string of the molecule is O=C1NC(=O)[C@@H](CCC(=O)N2CCO[C@@H](c3ccc(Cl)cc3)C2)N1. The highest BCUT2D eigenvalue weighted by Gasteiger charge is 2.31. The fourth-order valence-electron chi connectivity index (χ4n) is 2.84. The Morgan fingerprint density at radius 2 is 2.04 bits per heavy atom. The highest BCUT2D eigenvalue weighted by molar-refractivity contribution is 6.30. The second-order valence-corrected chi connectivity index (χ2v) is 6.24. The number of carbonyl (C=O) groups excluding carboxylic acids is 3. The minimum atomic E-state index is -0.630. The number of nitrogens with zero attached hydrogens (tertiary/aromatic N) is 1. The quantitative estimate of drug-likeness (QED) is 0.799. The van der Waals surface area contributed by atoms with Crippen molar-refractivity contribution >= 4 is 29.4 Å². The number of rotatable bonds is 4. The third-order valence-corrected chi connectivity index (χ3v) is 4.42. The second-order valence-electron chi connectivity index (χ2n) is 5.80. The topological polar surface area (TPSA) is 87.7 Å². The Labute approximate surface area is 144 Å². The normalized spacial score (nSPS) is 23.8. The summed E-state index contributed by atoms with van der Waals surface area (Å²) in [5, 5.41) is 5.31. The standard InChI is InChI=1S/C16H18ClN3O4/c17-11-3-1-10(2-4-11)13-9-20(7-8-24-13)14(21)6-5-12-15(22)19-16(23)18-12/h1-4,12-13H,5-9H2,(H2,18,19,22,23)/t12-,13-/m1/s1. The predicted octanol–water partition coefficient (Wildman–Crippen LogP) is 1.23. The molecule has 0 spiro atoms. The average Bonchev–Trinajstić information content (AvgIpc) is 2.91. The lowest BCUT2D eigenvalue weighted by molar-refractivity contribution is -0.139. The average molecular weight is 352 g/mol. The number of urea groups is 1. The first-order valence-electron chi connectivity index (χ1n) is 7.79. The Hall–Kier alpha value is -2.12. The van der Waals surface area contributed by atoms with E-state index < -0.39 is 12.1 Å². The van der Waals surface area contributed by atoms with Crippen LogP contribution in [0.15, 0.2) is 24.3 Å². The van der Waals surface area contributed by atoms with E-state index in [2.05, 4.69) is 10.6 Å². The van der Waals surface area contributed by atoms with Crippen molar-refractivity contribution in [2.45, 2.75) is 25.0 Å². The van der Waals surface area contributed by atoms with Crippen molar-refractivity contribution in [3.05, 3.63) is 34.9 Å². The molecule has 0 aliphatic carbocycles. The fraction of sp³-hybridized carbons (Fsp3) is 0.438. The van der Waals surface area contributed by atoms with E-state index in [1.54, 1.807) is 17.0 Å². The number of amides is 4. The molecule has 2 heterocycles. The molecule has 2 aliphatic heterocycles. The largest absolute Gasteiger partial charge is 0.370 e. The van der Waals surface area contributed by atoms with Gasteiger partial charge in [-0.15, -0.1) is 0 Å². The van der Waals surface area contributed by atoms with E-state index >= 15 is 0 Å². The number of ether oxygens (including phenoxy) is 1. The Bertz CT molecular complexity index is 649. The number of hydrogen-bond donors (Lipinski definition) is 2. The first-order valence-corrected chi connectivity index (χ1v) is 8.17. The van der Waals surface area contributed by atoms with Crippen LogP contribution in [0.1, 0.15) is 24.5 Å². The molecule has 0 aromatic heterocycles. The van der Waals surface area contributed by atoms with E-state index in [9.17, 15) is 14.4 Å². The molecule has 2 fully saturated rings. The summed E-state index contributed by atoms with van der Waals surface area (Å²) in [6, 6.07) is 6.23. The Morgan fingerprint density at radius 1 is 1.29 bits per heavy atom. The number of nitrogens with one attached hydrogen (secondary N) is 2. The van der Waals surface area contributed by atoms with Gasteiger partial charge in [0.2, 0.25) is 5.91 Å². The molecule has 0 unspecified atom stereocenters. The zero-order valence-electron chi connectivity index (χ0n) is 13.0. The maximum absolute atomic E-state index is 12.4. The van der Waals surface area contributed by atoms with E-state index in [4.69, 9.17) is 16.3 Å². The molecule has 2 atom stereocenters. The summed E-state index contributed by atoms with van der Waals surface area (Å²) >= 11 is 5.89. The van der Waals surface area contributed by atoms with Gasteiger partial charge in [-0.3, -0.25) is 14.9 Å². The van der Waals surface area contributed by atoms with E-state index in [1.807, 2.05) is 12.1 Å². The van der Waals surface area contributed by atoms with Crippen LogP contribution in [0.4, 0.5) is 4.79 Å². The minimum Gasteiger partial charge on any atom is -0.370 e. The van der Waals surface area contributed by atoms with Gasteiger partial charge in [-0.25, -0.2) is 4.79 Å². The van der Waals surface area contributed by atoms with Crippen LogP contribution in [0.25, 0.3) is 0 Å². The summed E-state index contributed by atoms with van der Waals surface area (Å²) in [7, 11) is 0. The van der Waals surface area contributed by atoms with Crippen molar-refractivity contribution in [1.29, 1.82) is 0 Å². The Morgan fingerprint density at radius 3 is 2.71 bits per heavy atom. The van der Waals surface area contributed by atoms with Crippen molar-refractivity contribution in [2.75, 3.05) is 19.7 Å². The molecular formula is C16H18ClN3O4. The van der Waals surface area contributed by atoms with Gasteiger partial charge >= 0.3 is 6.03 Å². The minimum absolute atomic E-state index is 0.0498. The van der Waals surface area contributed by atoms with E-state index in [1.165, 1.54) is 0 Å². The zero-order valence-corrected chi connectivity index (χ0v) is 13.7. The lowest BCUT2D eigenvalue weighted by Gasteiger charge is -2.33. The molecule has 4 amide bonds. The molecule has 0 bridgehead atoms. The first-order chi connectivity index (χ1) is 11.5. The maximum atomic E-state index is 12.4. The van der Waals surface area contributed by atoms with E-state index in [0.717, 1.165) is 5.56 Å². The Kier molecular flexibility index (Phi) is 5.01. The van der Waals surface area contributed by atoms with Gasteiger partial charge in [0.15, 0.2) is 0 Å². The molecule has 7 nitrogen and oxygen atoms in total. The number of morpholine rings is 1. The van der Waals surface area contributed by atoms with Crippen LogP contribution >= 0.6 is 11.6 Å². The van der Waals surface area contributed by atoms with Gasteiger partial charge in [-0.2, -0.15) is 0 Å². The molecule has 0 radical (unpaired) electrons. The molecule has 0 saturated carbocycles. The third-order valence-electron chi connectivity index (χ3n) is 4.17. The molecule has 8 heteroatoms. The van der Waals surface area contributed by atoms with Gasteiger partial charge in [-0.1, -0.05) is 23.7 Å². The van der Waals surface area contributed by atoms with Crippen LogP contribution in [0, 0.1) is 0 Å². The number of imide groups is 1. The number of hydrogen-bond acceptors (Lipinski definition) is 4. The summed E-state index contributed by atoms with van der Waals surface area (Å²) in [5.74, 6) is -0.431. The van der Waals surface area contributed by atoms with Gasteiger partial charge < -0.3 is 15.0 Å². The summed E-state index contributed by atoms with van der Waals surface area (Å²) < 4.78 is 5.74. The smallest absolute Gasteiger partial charge is 0.322 e. The highest BCUT2D eigenvalue weighted by Crippen LogP contribution is 2.24. The number of benzene rings is 1. The summed E-state index contributed by atoms with van der Waals surface area (Å²) in [4.78, 5) is 36.7. The summed E-state index contributed by atoms with van der Waals surface area (Å²) in [5.41, 5.74) is 0.972. The molecule has 24 heavy (non-hydrogen) atoms. The van der Waals surface area contributed by atoms with E-state index in [0.29, 0.717) is 31.1 Å². The van der Waals surface area contributed by atoms with Crippen molar-refractivity contribution in [1.82, 2.24) is 15.5 Å². The van der Waals surface area contributed by atoms with Crippen LogP contribution < -0.4 is 10.6 Å². The van der Waals surface area contributed by atoms with Gasteiger partial charge in [0.05, 0.1) is 13.2 Å². The summed E-state index contributed by atoms with van der Waals surface area (Å²) in [6.45, 7) is 1.44. The maximum Gasteiger partial charge on any atom is 0.322 e. The highest BCUT2D eigenvalue weighted by atomic mass is 35.5. The van der Waals surface area contributed by atoms with Crippen molar-refractivity contribution in [3.8, 4) is 0 Å². The van der Waals surface area contributed by atoms with Crippen molar-refractivity contribution < 1.29 is 19.1 Å². The van der Waals surface area contributed by atoms with Crippen LogP contribution in [0.5, 0.6) is 0 Å². The predicted molar refractivity (Wildman–Crippen MR) is 86.4 cm³/mol. The van der Waals surface area contributed by atoms with Gasteiger partial charge in [0.1, 0.15) is 12.1 Å². The number of carbonyl (C=O) groups is 3. The molecule has 1 aromatic carbocycles. The molecule has 2 aliphatic rings. The monoisotopic (exact) mass is 351 g/mol. The van der Waals surface area contributed by atoms with Crippen molar-refractivity contribution in [2.24, 2.45) is 0 Å². The molecule has 3 rings (SSSR count). The lowest BCUT2D eigenvalue weighted by Crippen LogP contribution is -2.43. The third kappa shape index (κ3) is 3.85. The number of halogens is 1. The van der Waals surface area contributed by atoms with Gasteiger partial charge in [0.25, 0.3) is 5.91 Å². The molecule has 1 aromatic rings. The first kappa shape index (κ1) is 16.7. The lowest BCUT2D eigenvalue weighted by atomic mass is 10.1. The fourth-order valence-corrected chi connectivity index (χ4v) is 2.97. The van der Waals surface area contributed by atoms with E-state index in [-0.39, 0.29) is 24.3 Å². The molecule has 2 N–H and O–H groups in total. The van der Waals surface area contributed by atoms with Gasteiger partial charge in [0, 0.05) is 18.0 Å². The Balaban J connectivity index is 1.54. The van der Waals surface area contributed by atoms with Crippen LogP contribution in [0.2, 0.25) is 5.02 Å². The summed E-state index contributed by atoms with van der Waals surface area (Å²) in [6.07, 6.45) is 0.305. The molecule has 128 valence electrons. The van der Waals surface area contributed by atoms with Gasteiger partial charge in [-0.05, 0) is 24.1 Å².